The van der Waals surface area contributed by atoms with Gasteiger partial charge in [-0.2, -0.15) is 0 Å². The summed E-state index contributed by atoms with van der Waals surface area (Å²) in [5, 5.41) is 0. The lowest BCUT2D eigenvalue weighted by Gasteiger charge is -1.88. The summed E-state index contributed by atoms with van der Waals surface area (Å²) in [4.78, 5) is 1.26. The Morgan fingerprint density at radius 1 is 0.900 bits per heavy atom. The zero-order valence-electron chi connectivity index (χ0n) is 5.02. The van der Waals surface area contributed by atoms with Crippen molar-refractivity contribution >= 4 is 25.3 Å². The predicted molar refractivity (Wildman–Crippen MR) is 43.1 cm³/mol. The smallest absolute Gasteiger partial charge is 0.125 e. The Balaban J connectivity index is 3.22. The second-order valence-electron chi connectivity index (χ2n) is 1.55. The predicted octanol–water partition coefficient (Wildman–Crippen LogP) is 2.57. The molecule has 10 heavy (non-hydrogen) atoms. The average molecular weight is 174 g/mol. The van der Waals surface area contributed by atoms with Crippen LogP contribution in [0.1, 0.15) is 0 Å². The molecule has 0 saturated heterocycles. The summed E-state index contributed by atoms with van der Waals surface area (Å²) in [7, 11) is 0. The zero-order valence-corrected chi connectivity index (χ0v) is 6.81. The molecular formula is C6H6O2S2. The Bertz CT molecular complexity index is 224. The van der Waals surface area contributed by atoms with Crippen LogP contribution in [0.15, 0.2) is 43.7 Å². The molecule has 0 aliphatic heterocycles. The largest absolute Gasteiger partial charge is 0.468 e. The summed E-state index contributed by atoms with van der Waals surface area (Å²) in [5.41, 5.74) is 0. The Hall–Kier alpha value is -0.480. The number of thiol groups is 2. The van der Waals surface area contributed by atoms with Gasteiger partial charge in [-0.15, -0.1) is 25.3 Å². The number of hydrogen-bond donors (Lipinski definition) is 2. The van der Waals surface area contributed by atoms with Crippen molar-refractivity contribution in [3.63, 3.8) is 0 Å². The van der Waals surface area contributed by atoms with Gasteiger partial charge >= 0.3 is 0 Å². The van der Waals surface area contributed by atoms with E-state index in [9.17, 15) is 0 Å². The molecule has 0 bridgehead atoms. The van der Waals surface area contributed by atoms with Crippen LogP contribution in [0.4, 0.5) is 0 Å². The summed E-state index contributed by atoms with van der Waals surface area (Å²) < 4.78 is 9.65. The van der Waals surface area contributed by atoms with Gasteiger partial charge in [-0.05, 0) is 0 Å². The Morgan fingerprint density at radius 3 is 1.70 bits per heavy atom. The minimum atomic E-state index is 0.632. The molecule has 0 aliphatic carbocycles. The van der Waals surface area contributed by atoms with Crippen molar-refractivity contribution in [2.75, 3.05) is 0 Å². The van der Waals surface area contributed by atoms with Crippen LogP contribution in [-0.2, 0) is 0 Å². The molecule has 1 aromatic heterocycles. The molecule has 0 aliphatic rings. The SMILES string of the molecule is Sc1coccocc1S. The van der Waals surface area contributed by atoms with Crippen molar-refractivity contribution < 1.29 is 8.83 Å². The highest BCUT2D eigenvalue weighted by Crippen LogP contribution is 2.13. The normalized spacial score (nSPS) is 9.00. The first-order valence-corrected chi connectivity index (χ1v) is 3.45. The van der Waals surface area contributed by atoms with E-state index in [2.05, 4.69) is 25.3 Å². The molecule has 0 fully saturated rings. The third-order valence-corrected chi connectivity index (χ3v) is 1.70. The van der Waals surface area contributed by atoms with Crippen molar-refractivity contribution in [2.45, 2.75) is 9.79 Å². The Morgan fingerprint density at radius 2 is 1.30 bits per heavy atom. The molecule has 0 radical (unpaired) electrons. The van der Waals surface area contributed by atoms with Gasteiger partial charge < -0.3 is 8.83 Å². The maximum Gasteiger partial charge on any atom is 0.125 e. The van der Waals surface area contributed by atoms with E-state index >= 15 is 0 Å². The van der Waals surface area contributed by atoms with Crippen LogP contribution >= 0.6 is 25.3 Å². The van der Waals surface area contributed by atoms with Gasteiger partial charge in [0.05, 0.1) is 9.79 Å². The molecule has 1 heterocycles. The summed E-state index contributed by atoms with van der Waals surface area (Å²) >= 11 is 8.10. The van der Waals surface area contributed by atoms with E-state index in [1.54, 1.807) is 0 Å². The van der Waals surface area contributed by atoms with E-state index in [0.717, 1.165) is 0 Å². The summed E-state index contributed by atoms with van der Waals surface area (Å²) in [6.45, 7) is 0. The third kappa shape index (κ3) is 2.04. The molecule has 1 aromatic rings. The highest BCUT2D eigenvalue weighted by atomic mass is 32.1. The van der Waals surface area contributed by atoms with Crippen molar-refractivity contribution in [2.24, 2.45) is 0 Å². The van der Waals surface area contributed by atoms with Crippen LogP contribution in [0.5, 0.6) is 0 Å². The molecule has 0 saturated carbocycles. The zero-order chi connectivity index (χ0) is 7.40. The highest BCUT2D eigenvalue weighted by Gasteiger charge is 1.87. The van der Waals surface area contributed by atoms with Crippen molar-refractivity contribution in [3.05, 3.63) is 25.1 Å². The van der Waals surface area contributed by atoms with Crippen LogP contribution in [0.3, 0.4) is 0 Å². The van der Waals surface area contributed by atoms with Gasteiger partial charge in [0, 0.05) is 0 Å². The fourth-order valence-electron chi connectivity index (χ4n) is 0.392. The van der Waals surface area contributed by atoms with Crippen LogP contribution in [0, 0.1) is 0 Å². The second-order valence-corrected chi connectivity index (χ2v) is 2.51. The number of rotatable bonds is 0. The van der Waals surface area contributed by atoms with Gasteiger partial charge in [-0.3, -0.25) is 0 Å². The van der Waals surface area contributed by atoms with E-state index in [1.165, 1.54) is 25.1 Å². The maximum atomic E-state index is 4.82. The van der Waals surface area contributed by atoms with Crippen molar-refractivity contribution in [1.82, 2.24) is 0 Å². The molecule has 0 unspecified atom stereocenters. The second kappa shape index (κ2) is 3.63. The van der Waals surface area contributed by atoms with Gasteiger partial charge in [-0.25, -0.2) is 0 Å². The maximum absolute atomic E-state index is 4.82. The minimum absolute atomic E-state index is 0.632. The third-order valence-electron chi connectivity index (χ3n) is 0.834. The topological polar surface area (TPSA) is 26.3 Å². The molecule has 4 heteroatoms. The quantitative estimate of drug-likeness (QED) is 0.591. The van der Waals surface area contributed by atoms with Crippen LogP contribution in [0.2, 0.25) is 0 Å². The van der Waals surface area contributed by atoms with Gasteiger partial charge in [0.2, 0.25) is 0 Å². The van der Waals surface area contributed by atoms with Crippen LogP contribution in [0.25, 0.3) is 0 Å². The molecule has 0 spiro atoms. The lowest BCUT2D eigenvalue weighted by Crippen LogP contribution is -1.63. The van der Waals surface area contributed by atoms with E-state index in [0.29, 0.717) is 9.79 Å². The molecular weight excluding hydrogens is 168 g/mol. The Labute approximate surface area is 69.4 Å². The lowest BCUT2D eigenvalue weighted by molar-refractivity contribution is 0.472. The summed E-state index contributed by atoms with van der Waals surface area (Å²) in [5.74, 6) is 0. The summed E-state index contributed by atoms with van der Waals surface area (Å²) in [6.07, 6.45) is 5.77. The summed E-state index contributed by atoms with van der Waals surface area (Å²) in [6, 6.07) is 0. The average Bonchev–Trinajstić information content (AvgIpc) is 1.92. The molecule has 0 aromatic carbocycles. The first kappa shape index (κ1) is 7.63. The van der Waals surface area contributed by atoms with Crippen LogP contribution < -0.4 is 0 Å². The highest BCUT2D eigenvalue weighted by molar-refractivity contribution is 7.83. The standard InChI is InChI=1S/C6H6O2S2/c9-5-3-7-1-2-8-4-6(5)10/h1-4,9-10H. The van der Waals surface area contributed by atoms with Gasteiger partial charge in [-0.1, -0.05) is 0 Å². The molecule has 54 valence electrons. The fourth-order valence-corrected chi connectivity index (χ4v) is 0.619. The molecule has 1 rings (SSSR count). The number of hydrogen-bond acceptors (Lipinski definition) is 4. The molecule has 0 amide bonds. The van der Waals surface area contributed by atoms with E-state index in [4.69, 9.17) is 8.83 Å². The minimum Gasteiger partial charge on any atom is -0.468 e. The molecule has 0 atom stereocenters. The fraction of sp³-hybridized carbons (Fsp3) is 0. The van der Waals surface area contributed by atoms with Crippen molar-refractivity contribution in [3.8, 4) is 0 Å². The first-order chi connectivity index (χ1) is 4.80. The monoisotopic (exact) mass is 174 g/mol. The van der Waals surface area contributed by atoms with Gasteiger partial charge in [0.15, 0.2) is 0 Å². The van der Waals surface area contributed by atoms with E-state index < -0.39 is 0 Å². The van der Waals surface area contributed by atoms with Crippen LogP contribution in [-0.4, -0.2) is 0 Å². The van der Waals surface area contributed by atoms with Gasteiger partial charge in [0.1, 0.15) is 25.1 Å². The van der Waals surface area contributed by atoms with E-state index in [1.807, 2.05) is 0 Å². The Kier molecular flexibility index (Phi) is 2.77. The molecule has 2 nitrogen and oxygen atoms in total. The first-order valence-electron chi connectivity index (χ1n) is 2.55. The van der Waals surface area contributed by atoms with E-state index in [-0.39, 0.29) is 0 Å². The van der Waals surface area contributed by atoms with Gasteiger partial charge in [0.25, 0.3) is 0 Å². The lowest BCUT2D eigenvalue weighted by atomic mass is 10.6. The molecule has 0 N–H and O–H groups in total. The van der Waals surface area contributed by atoms with Crippen molar-refractivity contribution in [1.29, 1.82) is 0 Å².